The molecule has 10 heteroatoms. The van der Waals surface area contributed by atoms with Crippen molar-refractivity contribution in [2.45, 2.75) is 31.2 Å². The fraction of sp³-hybridized carbons (Fsp3) is 0.381. The summed E-state index contributed by atoms with van der Waals surface area (Å²) in [5.74, 6) is 0.591. The van der Waals surface area contributed by atoms with Crippen molar-refractivity contribution in [2.75, 3.05) is 26.3 Å². The third-order valence-corrected chi connectivity index (χ3v) is 7.27. The molecule has 2 aromatic carbocycles. The van der Waals surface area contributed by atoms with Gasteiger partial charge in [-0.15, -0.1) is 0 Å². The normalized spacial score (nSPS) is 15.4. The Kier molecular flexibility index (Phi) is 6.03. The van der Waals surface area contributed by atoms with E-state index in [0.717, 1.165) is 18.4 Å². The summed E-state index contributed by atoms with van der Waals surface area (Å²) in [4.78, 5) is 15.7. The van der Waals surface area contributed by atoms with Crippen molar-refractivity contribution in [2.24, 2.45) is 0 Å². The number of non-ortho nitro benzene ring substituents is 1. The first-order chi connectivity index (χ1) is 14.9. The number of hydrogen-bond acceptors (Lipinski definition) is 6. The Balaban J connectivity index is 1.81. The fourth-order valence-electron chi connectivity index (χ4n) is 3.73. The van der Waals surface area contributed by atoms with Gasteiger partial charge >= 0.3 is 0 Å². The van der Waals surface area contributed by atoms with Crippen LogP contribution in [0.1, 0.15) is 19.8 Å². The van der Waals surface area contributed by atoms with Gasteiger partial charge in [-0.1, -0.05) is 25.5 Å². The van der Waals surface area contributed by atoms with Crippen molar-refractivity contribution in [3.8, 4) is 11.4 Å². The van der Waals surface area contributed by atoms with Gasteiger partial charge in [-0.05, 0) is 24.6 Å². The molecule has 1 saturated heterocycles. The van der Waals surface area contributed by atoms with E-state index in [1.165, 1.54) is 16.4 Å². The molecule has 9 nitrogen and oxygen atoms in total. The zero-order valence-electron chi connectivity index (χ0n) is 17.2. The van der Waals surface area contributed by atoms with E-state index in [1.807, 2.05) is 4.57 Å². The van der Waals surface area contributed by atoms with E-state index in [2.05, 4.69) is 11.9 Å². The number of aromatic nitrogens is 2. The fourth-order valence-corrected chi connectivity index (χ4v) is 5.16. The van der Waals surface area contributed by atoms with Crippen LogP contribution in [0.3, 0.4) is 0 Å². The molecule has 0 spiro atoms. The van der Waals surface area contributed by atoms with Crippen LogP contribution in [0, 0.1) is 10.1 Å². The Bertz CT molecular complexity index is 1220. The summed E-state index contributed by atoms with van der Waals surface area (Å²) in [6.07, 6.45) is 1.87. The molecule has 1 aliphatic rings. The lowest BCUT2D eigenvalue weighted by Crippen LogP contribution is -2.40. The highest BCUT2D eigenvalue weighted by Gasteiger charge is 2.27. The number of nitrogens with zero attached hydrogens (tertiary/aromatic N) is 4. The maximum absolute atomic E-state index is 13.0. The lowest BCUT2D eigenvalue weighted by Gasteiger charge is -2.26. The van der Waals surface area contributed by atoms with Gasteiger partial charge in [0.15, 0.2) is 0 Å². The van der Waals surface area contributed by atoms with E-state index in [4.69, 9.17) is 4.74 Å². The summed E-state index contributed by atoms with van der Waals surface area (Å²) in [6.45, 7) is 4.17. The Labute approximate surface area is 180 Å². The van der Waals surface area contributed by atoms with Gasteiger partial charge < -0.3 is 9.30 Å². The van der Waals surface area contributed by atoms with Gasteiger partial charge in [0.1, 0.15) is 5.82 Å². The Morgan fingerprint density at radius 2 is 1.94 bits per heavy atom. The lowest BCUT2D eigenvalue weighted by atomic mass is 10.2. The summed E-state index contributed by atoms with van der Waals surface area (Å²) < 4.78 is 34.8. The molecule has 0 radical (unpaired) electrons. The number of morpholine rings is 1. The monoisotopic (exact) mass is 444 g/mol. The molecule has 2 heterocycles. The topological polar surface area (TPSA) is 108 Å². The van der Waals surface area contributed by atoms with Crippen molar-refractivity contribution >= 4 is 26.7 Å². The summed E-state index contributed by atoms with van der Waals surface area (Å²) in [5, 5.41) is 11.2. The van der Waals surface area contributed by atoms with Crippen LogP contribution in [-0.4, -0.2) is 53.5 Å². The molecule has 0 unspecified atom stereocenters. The first kappa shape index (κ1) is 21.4. The van der Waals surface area contributed by atoms with E-state index in [-0.39, 0.29) is 10.6 Å². The van der Waals surface area contributed by atoms with Gasteiger partial charge in [0.05, 0.1) is 34.1 Å². The molecule has 1 aromatic heterocycles. The van der Waals surface area contributed by atoms with Crippen LogP contribution >= 0.6 is 0 Å². The molecule has 31 heavy (non-hydrogen) atoms. The number of fused-ring (bicyclic) bond motifs is 1. The summed E-state index contributed by atoms with van der Waals surface area (Å²) in [6, 6.07) is 11.3. The molecule has 1 aliphatic heterocycles. The van der Waals surface area contributed by atoms with E-state index in [0.29, 0.717) is 49.8 Å². The second-order valence-electron chi connectivity index (χ2n) is 7.42. The molecule has 0 amide bonds. The van der Waals surface area contributed by atoms with Crippen LogP contribution in [0.25, 0.3) is 22.4 Å². The van der Waals surface area contributed by atoms with E-state index < -0.39 is 14.9 Å². The molecule has 0 atom stereocenters. The zero-order valence-corrected chi connectivity index (χ0v) is 18.0. The van der Waals surface area contributed by atoms with Gasteiger partial charge in [0, 0.05) is 37.3 Å². The smallest absolute Gasteiger partial charge is 0.270 e. The standard InChI is InChI=1S/C21H24N4O5S/c1-2-3-9-24-20-8-7-18(31(28,29)23-10-12-30-13-11-23)15-19(20)22-21(24)16-5-4-6-17(14-16)25(26)27/h4-8,14-15H,2-3,9-13H2,1H3. The average molecular weight is 445 g/mol. The highest BCUT2D eigenvalue weighted by molar-refractivity contribution is 7.89. The number of hydrogen-bond donors (Lipinski definition) is 0. The van der Waals surface area contributed by atoms with Crippen LogP contribution in [0.4, 0.5) is 5.69 Å². The predicted molar refractivity (Wildman–Crippen MR) is 116 cm³/mol. The van der Waals surface area contributed by atoms with E-state index in [1.54, 1.807) is 30.3 Å². The Morgan fingerprint density at radius 3 is 2.65 bits per heavy atom. The highest BCUT2D eigenvalue weighted by atomic mass is 32.2. The molecule has 0 N–H and O–H groups in total. The molecule has 4 rings (SSSR count). The van der Waals surface area contributed by atoms with Crippen molar-refractivity contribution in [1.82, 2.24) is 13.9 Å². The van der Waals surface area contributed by atoms with Gasteiger partial charge in [0.2, 0.25) is 10.0 Å². The van der Waals surface area contributed by atoms with E-state index >= 15 is 0 Å². The largest absolute Gasteiger partial charge is 0.379 e. The first-order valence-electron chi connectivity index (χ1n) is 10.2. The third-order valence-electron chi connectivity index (χ3n) is 5.38. The number of nitro groups is 1. The van der Waals surface area contributed by atoms with Crippen molar-refractivity contribution < 1.29 is 18.1 Å². The number of ether oxygens (including phenoxy) is 1. The maximum Gasteiger partial charge on any atom is 0.270 e. The van der Waals surface area contributed by atoms with Crippen LogP contribution in [0.2, 0.25) is 0 Å². The van der Waals surface area contributed by atoms with Crippen LogP contribution < -0.4 is 0 Å². The second-order valence-corrected chi connectivity index (χ2v) is 9.35. The quantitative estimate of drug-likeness (QED) is 0.408. The molecule has 0 aliphatic carbocycles. The van der Waals surface area contributed by atoms with Gasteiger partial charge in [-0.3, -0.25) is 10.1 Å². The summed E-state index contributed by atoms with van der Waals surface area (Å²) >= 11 is 0. The molecule has 0 saturated carbocycles. The molecule has 3 aromatic rings. The average Bonchev–Trinajstić information content (AvgIpc) is 3.16. The molecule has 164 valence electrons. The van der Waals surface area contributed by atoms with Crippen molar-refractivity contribution in [3.63, 3.8) is 0 Å². The number of unbranched alkanes of at least 4 members (excludes halogenated alkanes) is 1. The lowest BCUT2D eigenvalue weighted by molar-refractivity contribution is -0.384. The number of sulfonamides is 1. The third kappa shape index (κ3) is 4.18. The van der Waals surface area contributed by atoms with Crippen molar-refractivity contribution in [1.29, 1.82) is 0 Å². The minimum atomic E-state index is -3.64. The van der Waals surface area contributed by atoms with Crippen molar-refractivity contribution in [3.05, 3.63) is 52.6 Å². The first-order valence-corrected chi connectivity index (χ1v) is 11.7. The molecular formula is C21H24N4O5S. The second kappa shape index (κ2) is 8.74. The number of imidazole rings is 1. The highest BCUT2D eigenvalue weighted by Crippen LogP contribution is 2.30. The van der Waals surface area contributed by atoms with Crippen LogP contribution in [-0.2, 0) is 21.3 Å². The Hall–Kier alpha value is -2.82. The minimum absolute atomic E-state index is 0.0119. The number of rotatable bonds is 7. The summed E-state index contributed by atoms with van der Waals surface area (Å²) in [5.41, 5.74) is 1.96. The zero-order chi connectivity index (χ0) is 22.0. The van der Waals surface area contributed by atoms with Gasteiger partial charge in [-0.2, -0.15) is 4.31 Å². The minimum Gasteiger partial charge on any atom is -0.379 e. The predicted octanol–water partition coefficient (Wildman–Crippen LogP) is 3.43. The van der Waals surface area contributed by atoms with E-state index in [9.17, 15) is 18.5 Å². The Morgan fingerprint density at radius 1 is 1.16 bits per heavy atom. The molecule has 1 fully saturated rings. The SMILES string of the molecule is CCCCn1c(-c2cccc([N+](=O)[O-])c2)nc2cc(S(=O)(=O)N3CCOCC3)ccc21. The maximum atomic E-state index is 13.0. The number of aryl methyl sites for hydroxylation is 1. The van der Waals surface area contributed by atoms with Crippen LogP contribution in [0.15, 0.2) is 47.4 Å². The summed E-state index contributed by atoms with van der Waals surface area (Å²) in [7, 11) is -3.64. The van der Waals surface area contributed by atoms with Crippen LogP contribution in [0.5, 0.6) is 0 Å². The number of nitro benzene ring substituents is 1. The molecular weight excluding hydrogens is 420 g/mol. The van der Waals surface area contributed by atoms with Gasteiger partial charge in [0.25, 0.3) is 5.69 Å². The molecule has 0 bridgehead atoms. The van der Waals surface area contributed by atoms with Gasteiger partial charge in [-0.25, -0.2) is 13.4 Å². The number of benzene rings is 2.